The zero-order chi connectivity index (χ0) is 19.2. The van der Waals surface area contributed by atoms with E-state index in [-0.39, 0.29) is 29.7 Å². The Hall–Kier alpha value is -2.31. The number of hydrogen-bond donors (Lipinski definition) is 1. The first kappa shape index (κ1) is 20.0. The smallest absolute Gasteiger partial charge is 0.263 e. The predicted octanol–water partition coefficient (Wildman–Crippen LogP) is 0.354. The van der Waals surface area contributed by atoms with Crippen LogP contribution in [0.2, 0.25) is 0 Å². The second-order valence-corrected chi connectivity index (χ2v) is 8.74. The molecule has 1 atom stereocenters. The van der Waals surface area contributed by atoms with Gasteiger partial charge in [0.2, 0.25) is 0 Å². The number of rotatable bonds is 8. The first-order valence-corrected chi connectivity index (χ1v) is 10.2. The molecule has 2 rings (SSSR count). The van der Waals surface area contributed by atoms with Gasteiger partial charge in [-0.05, 0) is 32.6 Å². The third-order valence-electron chi connectivity index (χ3n) is 4.15. The maximum atomic E-state index is 12.3. The van der Waals surface area contributed by atoms with Crippen molar-refractivity contribution >= 4 is 15.7 Å². The van der Waals surface area contributed by atoms with E-state index >= 15 is 0 Å². The molecule has 0 saturated carbocycles. The lowest BCUT2D eigenvalue weighted by atomic mass is 10.2. The Kier molecular flexibility index (Phi) is 6.83. The van der Waals surface area contributed by atoms with Crippen LogP contribution in [0.4, 0.5) is 0 Å². The molecule has 0 bridgehead atoms. The highest BCUT2D eigenvalue weighted by Crippen LogP contribution is 2.19. The maximum Gasteiger partial charge on any atom is 0.263 e. The van der Waals surface area contributed by atoms with Gasteiger partial charge in [0.05, 0.1) is 24.3 Å². The van der Waals surface area contributed by atoms with Crippen LogP contribution < -0.4 is 5.32 Å². The summed E-state index contributed by atoms with van der Waals surface area (Å²) in [5, 5.41) is 12.0. The number of amides is 1. The molecular formula is C17H24N4O4S. The summed E-state index contributed by atoms with van der Waals surface area (Å²) in [6, 6.07) is 5.13. The van der Waals surface area contributed by atoms with Gasteiger partial charge in [-0.3, -0.25) is 4.79 Å². The van der Waals surface area contributed by atoms with Crippen molar-refractivity contribution in [3.05, 3.63) is 35.9 Å². The molecule has 1 aliphatic rings. The van der Waals surface area contributed by atoms with Gasteiger partial charge in [-0.2, -0.15) is 5.26 Å². The van der Waals surface area contributed by atoms with E-state index in [2.05, 4.69) is 5.32 Å². The molecule has 0 radical (unpaired) electrons. The molecule has 0 aliphatic carbocycles. The highest BCUT2D eigenvalue weighted by atomic mass is 32.2. The SMILES string of the molecule is CN(C)CCN(/C=C(/C#N)C(=O)NCc1ccco1)C1CCS(=O)(=O)C1. The molecule has 1 amide bonds. The zero-order valence-electron chi connectivity index (χ0n) is 15.0. The lowest BCUT2D eigenvalue weighted by Gasteiger charge is -2.28. The van der Waals surface area contributed by atoms with Gasteiger partial charge in [-0.25, -0.2) is 8.42 Å². The second kappa shape index (κ2) is 8.87. The zero-order valence-corrected chi connectivity index (χ0v) is 15.8. The summed E-state index contributed by atoms with van der Waals surface area (Å²) >= 11 is 0. The lowest BCUT2D eigenvalue weighted by Crippen LogP contribution is -2.38. The number of hydrogen-bond acceptors (Lipinski definition) is 7. The molecule has 1 fully saturated rings. The van der Waals surface area contributed by atoms with Crippen LogP contribution in [-0.4, -0.2) is 68.9 Å². The molecule has 1 aromatic heterocycles. The van der Waals surface area contributed by atoms with Crippen molar-refractivity contribution in [2.75, 3.05) is 38.7 Å². The van der Waals surface area contributed by atoms with Crippen molar-refractivity contribution < 1.29 is 17.6 Å². The average molecular weight is 380 g/mol. The molecule has 1 N–H and O–H groups in total. The van der Waals surface area contributed by atoms with Gasteiger partial charge in [0.15, 0.2) is 9.84 Å². The van der Waals surface area contributed by atoms with Crippen molar-refractivity contribution in [3.8, 4) is 6.07 Å². The monoisotopic (exact) mass is 380 g/mol. The Labute approximate surface area is 154 Å². The highest BCUT2D eigenvalue weighted by molar-refractivity contribution is 7.91. The van der Waals surface area contributed by atoms with Crippen LogP contribution in [0, 0.1) is 11.3 Å². The molecule has 0 aromatic carbocycles. The Bertz CT molecular complexity index is 778. The van der Waals surface area contributed by atoms with Crippen molar-refractivity contribution in [2.45, 2.75) is 19.0 Å². The predicted molar refractivity (Wildman–Crippen MR) is 96.6 cm³/mol. The molecule has 142 valence electrons. The highest BCUT2D eigenvalue weighted by Gasteiger charge is 2.31. The summed E-state index contributed by atoms with van der Waals surface area (Å²) in [6.45, 7) is 1.39. The summed E-state index contributed by atoms with van der Waals surface area (Å²) in [4.78, 5) is 16.1. The summed E-state index contributed by atoms with van der Waals surface area (Å²) in [7, 11) is 0.760. The number of likely N-dealkylation sites (N-methyl/N-ethyl adjacent to an activating group) is 1. The number of sulfone groups is 1. The maximum absolute atomic E-state index is 12.3. The quantitative estimate of drug-likeness (QED) is 0.512. The first-order valence-electron chi connectivity index (χ1n) is 8.34. The number of nitrogens with one attached hydrogen (secondary N) is 1. The van der Waals surface area contributed by atoms with Crippen LogP contribution in [0.15, 0.2) is 34.6 Å². The normalized spacial score (nSPS) is 19.3. The van der Waals surface area contributed by atoms with E-state index in [0.29, 0.717) is 25.3 Å². The van der Waals surface area contributed by atoms with Gasteiger partial charge in [0.25, 0.3) is 5.91 Å². The molecule has 26 heavy (non-hydrogen) atoms. The molecule has 1 aromatic rings. The molecule has 2 heterocycles. The standard InChI is InChI=1S/C17H24N4O4S/c1-20(2)6-7-21(15-5-9-26(23,24)13-15)12-14(10-18)17(22)19-11-16-4-3-8-25-16/h3-4,8,12,15H,5-7,9,11,13H2,1-2H3,(H,19,22)/b14-12-. The Morgan fingerprint density at radius 1 is 1.46 bits per heavy atom. The average Bonchev–Trinajstić information content (AvgIpc) is 3.22. The molecule has 1 saturated heterocycles. The van der Waals surface area contributed by atoms with E-state index in [4.69, 9.17) is 4.42 Å². The van der Waals surface area contributed by atoms with E-state index < -0.39 is 15.7 Å². The fraction of sp³-hybridized carbons (Fsp3) is 0.529. The molecule has 9 heteroatoms. The molecule has 1 unspecified atom stereocenters. The van der Waals surface area contributed by atoms with Crippen molar-refractivity contribution in [3.63, 3.8) is 0 Å². The summed E-state index contributed by atoms with van der Waals surface area (Å²) in [6.07, 6.45) is 3.48. The van der Waals surface area contributed by atoms with Crippen molar-refractivity contribution in [1.82, 2.24) is 15.1 Å². The second-order valence-electron chi connectivity index (χ2n) is 6.51. The van der Waals surface area contributed by atoms with Gasteiger partial charge >= 0.3 is 0 Å². The van der Waals surface area contributed by atoms with Crippen molar-refractivity contribution in [2.24, 2.45) is 0 Å². The number of carbonyl (C=O) groups excluding carboxylic acids is 1. The van der Waals surface area contributed by atoms with E-state index in [9.17, 15) is 18.5 Å². The Balaban J connectivity index is 2.10. The minimum atomic E-state index is -3.06. The number of carbonyl (C=O) groups is 1. The van der Waals surface area contributed by atoms with E-state index in [1.54, 1.807) is 17.0 Å². The third-order valence-corrected chi connectivity index (χ3v) is 5.90. The fourth-order valence-electron chi connectivity index (χ4n) is 2.68. The van der Waals surface area contributed by atoms with E-state index in [0.717, 1.165) is 0 Å². The summed E-state index contributed by atoms with van der Waals surface area (Å²) < 4.78 is 28.7. The molecular weight excluding hydrogens is 356 g/mol. The summed E-state index contributed by atoms with van der Waals surface area (Å²) in [5.41, 5.74) is -0.0559. The number of nitrogens with zero attached hydrogens (tertiary/aromatic N) is 3. The largest absolute Gasteiger partial charge is 0.467 e. The van der Waals surface area contributed by atoms with Gasteiger partial charge in [-0.1, -0.05) is 0 Å². The molecule has 0 spiro atoms. The van der Waals surface area contributed by atoms with Gasteiger partial charge in [0, 0.05) is 25.3 Å². The molecule has 1 aliphatic heterocycles. The lowest BCUT2D eigenvalue weighted by molar-refractivity contribution is -0.117. The number of furan rings is 1. The fourth-order valence-corrected chi connectivity index (χ4v) is 4.43. The van der Waals surface area contributed by atoms with Crippen LogP contribution in [0.3, 0.4) is 0 Å². The Morgan fingerprint density at radius 3 is 2.77 bits per heavy atom. The van der Waals surface area contributed by atoms with E-state index in [1.807, 2.05) is 25.1 Å². The van der Waals surface area contributed by atoms with Gasteiger partial charge in [0.1, 0.15) is 17.4 Å². The minimum Gasteiger partial charge on any atom is -0.467 e. The molecule has 8 nitrogen and oxygen atoms in total. The van der Waals surface area contributed by atoms with Gasteiger partial charge < -0.3 is 19.5 Å². The van der Waals surface area contributed by atoms with Crippen LogP contribution in [0.25, 0.3) is 0 Å². The Morgan fingerprint density at radius 2 is 2.23 bits per heavy atom. The van der Waals surface area contributed by atoms with Crippen LogP contribution >= 0.6 is 0 Å². The summed E-state index contributed by atoms with van der Waals surface area (Å²) in [5.74, 6) is 0.252. The van der Waals surface area contributed by atoms with Crippen LogP contribution in [0.1, 0.15) is 12.2 Å². The number of nitriles is 1. The first-order chi connectivity index (χ1) is 12.3. The van der Waals surface area contributed by atoms with Crippen LogP contribution in [0.5, 0.6) is 0 Å². The minimum absolute atomic E-state index is 0.0453. The third kappa shape index (κ3) is 5.89. The topological polar surface area (TPSA) is 107 Å². The van der Waals surface area contributed by atoms with Crippen molar-refractivity contribution in [1.29, 1.82) is 5.26 Å². The van der Waals surface area contributed by atoms with Crippen LogP contribution in [-0.2, 0) is 21.2 Å². The van der Waals surface area contributed by atoms with E-state index in [1.165, 1.54) is 12.5 Å². The van der Waals surface area contributed by atoms with Gasteiger partial charge in [-0.15, -0.1) is 0 Å².